The fourth-order valence-corrected chi connectivity index (χ4v) is 3.43. The van der Waals surface area contributed by atoms with Crippen LogP contribution in [0, 0.1) is 0 Å². The Labute approximate surface area is 134 Å². The SMILES string of the molecule is OC1(c2cn[nH]n2)CCN(c2cc(N3CCCCC3)ncn2)C1. The maximum atomic E-state index is 10.8. The highest BCUT2D eigenvalue weighted by Crippen LogP contribution is 2.33. The standard InChI is InChI=1S/C15H21N7O/c23-15(12-9-18-20-19-12)4-7-22(10-15)14-8-13(16-11-17-14)21-5-2-1-3-6-21/h8-9,11,23H,1-7,10H2,(H,18,19,20). The van der Waals surface area contributed by atoms with Crippen molar-refractivity contribution in [2.75, 3.05) is 36.0 Å². The molecule has 0 radical (unpaired) electrons. The second-order valence-electron chi connectivity index (χ2n) is 6.34. The topological polar surface area (TPSA) is 94.1 Å². The highest BCUT2D eigenvalue weighted by atomic mass is 16.3. The number of nitrogens with one attached hydrogen (secondary N) is 1. The molecule has 1 atom stereocenters. The first-order chi connectivity index (χ1) is 11.2. The summed E-state index contributed by atoms with van der Waals surface area (Å²) in [6.45, 7) is 3.31. The van der Waals surface area contributed by atoms with E-state index in [9.17, 15) is 5.11 Å². The van der Waals surface area contributed by atoms with Crippen LogP contribution in [0.15, 0.2) is 18.6 Å². The molecule has 0 aromatic carbocycles. The smallest absolute Gasteiger partial charge is 0.134 e. The minimum atomic E-state index is -0.969. The Morgan fingerprint density at radius 1 is 1.04 bits per heavy atom. The van der Waals surface area contributed by atoms with Gasteiger partial charge in [-0.1, -0.05) is 0 Å². The Morgan fingerprint density at radius 2 is 1.83 bits per heavy atom. The predicted molar refractivity (Wildman–Crippen MR) is 85.2 cm³/mol. The Hall–Kier alpha value is -2.22. The lowest BCUT2D eigenvalue weighted by molar-refractivity contribution is 0.0559. The van der Waals surface area contributed by atoms with Crippen LogP contribution >= 0.6 is 0 Å². The summed E-state index contributed by atoms with van der Waals surface area (Å²) in [6.07, 6.45) is 7.55. The third kappa shape index (κ3) is 2.74. The first kappa shape index (κ1) is 14.4. The lowest BCUT2D eigenvalue weighted by Crippen LogP contribution is -2.32. The summed E-state index contributed by atoms with van der Waals surface area (Å²) in [5.74, 6) is 1.84. The molecule has 2 aliphatic rings. The molecule has 0 amide bonds. The highest BCUT2D eigenvalue weighted by Gasteiger charge is 2.40. The van der Waals surface area contributed by atoms with Gasteiger partial charge in [0.05, 0.1) is 12.7 Å². The summed E-state index contributed by atoms with van der Waals surface area (Å²) in [7, 11) is 0. The van der Waals surface area contributed by atoms with Gasteiger partial charge in [-0.05, 0) is 19.3 Å². The molecule has 8 heteroatoms. The molecular formula is C15H21N7O. The van der Waals surface area contributed by atoms with Gasteiger partial charge >= 0.3 is 0 Å². The van der Waals surface area contributed by atoms with E-state index in [-0.39, 0.29) is 0 Å². The van der Waals surface area contributed by atoms with Crippen LogP contribution in [0.3, 0.4) is 0 Å². The van der Waals surface area contributed by atoms with E-state index < -0.39 is 5.60 Å². The monoisotopic (exact) mass is 315 g/mol. The van der Waals surface area contributed by atoms with Crippen molar-refractivity contribution in [3.63, 3.8) is 0 Å². The van der Waals surface area contributed by atoms with Crippen molar-refractivity contribution < 1.29 is 5.11 Å². The van der Waals surface area contributed by atoms with E-state index in [1.54, 1.807) is 12.5 Å². The lowest BCUT2D eigenvalue weighted by atomic mass is 10.0. The van der Waals surface area contributed by atoms with Gasteiger partial charge in [-0.3, -0.25) is 0 Å². The van der Waals surface area contributed by atoms with Crippen LogP contribution in [0.4, 0.5) is 11.6 Å². The number of hydrogen-bond donors (Lipinski definition) is 2. The fourth-order valence-electron chi connectivity index (χ4n) is 3.43. The largest absolute Gasteiger partial charge is 0.381 e. The molecular weight excluding hydrogens is 294 g/mol. The number of rotatable bonds is 3. The molecule has 0 spiro atoms. The average molecular weight is 315 g/mol. The molecule has 0 aliphatic carbocycles. The van der Waals surface area contributed by atoms with E-state index in [1.165, 1.54) is 19.3 Å². The van der Waals surface area contributed by atoms with Crippen molar-refractivity contribution in [2.24, 2.45) is 0 Å². The van der Waals surface area contributed by atoms with Crippen molar-refractivity contribution >= 4 is 11.6 Å². The Balaban J connectivity index is 1.52. The van der Waals surface area contributed by atoms with Gasteiger partial charge in [0.1, 0.15) is 29.3 Å². The van der Waals surface area contributed by atoms with Crippen LogP contribution in [-0.4, -0.2) is 56.7 Å². The molecule has 8 nitrogen and oxygen atoms in total. The van der Waals surface area contributed by atoms with Gasteiger partial charge in [0, 0.05) is 32.1 Å². The van der Waals surface area contributed by atoms with Crippen LogP contribution in [0.1, 0.15) is 31.4 Å². The van der Waals surface area contributed by atoms with E-state index in [1.807, 2.05) is 6.07 Å². The molecule has 2 fully saturated rings. The molecule has 0 saturated carbocycles. The Morgan fingerprint density at radius 3 is 2.57 bits per heavy atom. The number of H-pyrrole nitrogens is 1. The number of aliphatic hydroxyl groups is 1. The molecule has 1 unspecified atom stereocenters. The number of β-amino-alcohol motifs (C(OH)–C–C–N with tert-alkyl or cyclic N) is 1. The quantitative estimate of drug-likeness (QED) is 0.860. The minimum Gasteiger partial charge on any atom is -0.381 e. The highest BCUT2D eigenvalue weighted by molar-refractivity contribution is 5.51. The van der Waals surface area contributed by atoms with Crippen molar-refractivity contribution in [3.05, 3.63) is 24.3 Å². The number of piperidine rings is 1. The number of aromatic nitrogens is 5. The molecule has 4 heterocycles. The van der Waals surface area contributed by atoms with Gasteiger partial charge in [-0.25, -0.2) is 9.97 Å². The molecule has 2 aromatic heterocycles. The Kier molecular flexibility index (Phi) is 3.60. The maximum absolute atomic E-state index is 10.8. The van der Waals surface area contributed by atoms with Crippen LogP contribution in [0.5, 0.6) is 0 Å². The van der Waals surface area contributed by atoms with E-state index in [0.29, 0.717) is 18.7 Å². The second-order valence-corrected chi connectivity index (χ2v) is 6.34. The van der Waals surface area contributed by atoms with Gasteiger partial charge in [-0.15, -0.1) is 0 Å². The van der Waals surface area contributed by atoms with E-state index in [4.69, 9.17) is 0 Å². The molecule has 122 valence electrons. The first-order valence-electron chi connectivity index (χ1n) is 8.15. The fraction of sp³-hybridized carbons (Fsp3) is 0.600. The summed E-state index contributed by atoms with van der Waals surface area (Å²) in [5, 5.41) is 21.2. The zero-order valence-corrected chi connectivity index (χ0v) is 13.0. The van der Waals surface area contributed by atoms with E-state index in [2.05, 4.69) is 35.2 Å². The minimum absolute atomic E-state index is 0.468. The zero-order valence-electron chi connectivity index (χ0n) is 13.0. The average Bonchev–Trinajstić information content (AvgIpc) is 3.27. The third-order valence-corrected chi connectivity index (χ3v) is 4.78. The zero-order chi connectivity index (χ0) is 15.7. The summed E-state index contributed by atoms with van der Waals surface area (Å²) < 4.78 is 0. The van der Waals surface area contributed by atoms with E-state index >= 15 is 0 Å². The molecule has 2 aliphatic heterocycles. The van der Waals surface area contributed by atoms with Gasteiger partial charge < -0.3 is 14.9 Å². The summed E-state index contributed by atoms with van der Waals surface area (Å²) >= 11 is 0. The van der Waals surface area contributed by atoms with E-state index in [0.717, 1.165) is 31.3 Å². The third-order valence-electron chi connectivity index (χ3n) is 4.78. The molecule has 4 rings (SSSR count). The predicted octanol–water partition coefficient (Wildman–Crippen LogP) is 0.683. The van der Waals surface area contributed by atoms with Crippen LogP contribution < -0.4 is 9.80 Å². The molecule has 0 bridgehead atoms. The van der Waals surface area contributed by atoms with Crippen molar-refractivity contribution in [3.8, 4) is 0 Å². The van der Waals surface area contributed by atoms with Gasteiger partial charge in [0.15, 0.2) is 0 Å². The number of aromatic amines is 1. The lowest BCUT2D eigenvalue weighted by Gasteiger charge is -2.28. The summed E-state index contributed by atoms with van der Waals surface area (Å²) in [5.41, 5.74) is -0.381. The molecule has 2 N–H and O–H groups in total. The number of nitrogens with zero attached hydrogens (tertiary/aromatic N) is 6. The number of anilines is 2. The number of hydrogen-bond acceptors (Lipinski definition) is 7. The summed E-state index contributed by atoms with van der Waals surface area (Å²) in [4.78, 5) is 13.2. The van der Waals surface area contributed by atoms with Crippen LogP contribution in [0.25, 0.3) is 0 Å². The van der Waals surface area contributed by atoms with Gasteiger partial charge in [0.2, 0.25) is 0 Å². The molecule has 2 aromatic rings. The van der Waals surface area contributed by atoms with Crippen molar-refractivity contribution in [1.82, 2.24) is 25.4 Å². The van der Waals surface area contributed by atoms with Gasteiger partial charge in [0.25, 0.3) is 0 Å². The van der Waals surface area contributed by atoms with Crippen molar-refractivity contribution in [2.45, 2.75) is 31.3 Å². The van der Waals surface area contributed by atoms with Crippen LogP contribution in [-0.2, 0) is 5.60 Å². The first-order valence-corrected chi connectivity index (χ1v) is 8.15. The molecule has 23 heavy (non-hydrogen) atoms. The summed E-state index contributed by atoms with van der Waals surface area (Å²) in [6, 6.07) is 2.03. The maximum Gasteiger partial charge on any atom is 0.134 e. The molecule has 2 saturated heterocycles. The van der Waals surface area contributed by atoms with Gasteiger partial charge in [-0.2, -0.15) is 15.4 Å². The van der Waals surface area contributed by atoms with Crippen molar-refractivity contribution in [1.29, 1.82) is 0 Å². The normalized spacial score (nSPS) is 25.1. The second kappa shape index (κ2) is 5.77. The van der Waals surface area contributed by atoms with Crippen LogP contribution in [0.2, 0.25) is 0 Å². The Bertz CT molecular complexity index is 656.